The van der Waals surface area contributed by atoms with Crippen LogP contribution < -0.4 is 15.6 Å². The Hall–Kier alpha value is -2.31. The highest BCUT2D eigenvalue weighted by Crippen LogP contribution is 2.32. The van der Waals surface area contributed by atoms with E-state index in [0.717, 1.165) is 5.56 Å². The summed E-state index contributed by atoms with van der Waals surface area (Å²) in [4.78, 5) is 4.66. The van der Waals surface area contributed by atoms with Crippen LogP contribution in [0.15, 0.2) is 57.6 Å². The predicted octanol–water partition coefficient (Wildman–Crippen LogP) is 2.97. The summed E-state index contributed by atoms with van der Waals surface area (Å²) in [5.74, 6) is -0.0307. The third kappa shape index (κ3) is 5.00. The smallest absolute Gasteiger partial charge is 0.238 e. The number of aromatic nitrogens is 1. The molecule has 0 spiro atoms. The Labute approximate surface area is 173 Å². The first-order valence-corrected chi connectivity index (χ1v) is 12.4. The number of sulfonamides is 2. The van der Waals surface area contributed by atoms with E-state index in [1.54, 1.807) is 24.3 Å². The average Bonchev–Trinajstić information content (AvgIpc) is 3.08. The molecule has 0 bridgehead atoms. The number of rotatable bonds is 6. The fraction of sp³-hybridized carbons (Fsp3) is 0.167. The van der Waals surface area contributed by atoms with E-state index in [0.29, 0.717) is 22.1 Å². The van der Waals surface area contributed by atoms with Gasteiger partial charge in [-0.25, -0.2) is 32.1 Å². The average molecular weight is 453 g/mol. The number of benzene rings is 2. The van der Waals surface area contributed by atoms with Crippen molar-refractivity contribution in [3.8, 4) is 11.3 Å². The molecule has 0 saturated carbocycles. The van der Waals surface area contributed by atoms with Crippen molar-refractivity contribution in [3.05, 3.63) is 53.4 Å². The molecule has 1 aromatic heterocycles. The highest BCUT2D eigenvalue weighted by Gasteiger charge is 2.18. The summed E-state index contributed by atoms with van der Waals surface area (Å²) in [7, 11) is -7.55. The minimum absolute atomic E-state index is 0.0269. The molecule has 2 aromatic carbocycles. The van der Waals surface area contributed by atoms with Gasteiger partial charge in [0, 0.05) is 16.6 Å². The first-order valence-electron chi connectivity index (χ1n) is 8.47. The Morgan fingerprint density at radius 3 is 2.17 bits per heavy atom. The van der Waals surface area contributed by atoms with E-state index in [9.17, 15) is 16.8 Å². The molecule has 0 amide bonds. The molecule has 3 aromatic rings. The Morgan fingerprint density at radius 2 is 1.62 bits per heavy atom. The number of nitrogens with one attached hydrogen (secondary N) is 1. The van der Waals surface area contributed by atoms with E-state index < -0.39 is 20.0 Å². The van der Waals surface area contributed by atoms with Crippen molar-refractivity contribution in [2.24, 2.45) is 10.3 Å². The molecule has 11 heteroatoms. The second kappa shape index (κ2) is 7.84. The fourth-order valence-electron chi connectivity index (χ4n) is 2.73. The number of primary sulfonamides is 2. The zero-order valence-electron chi connectivity index (χ0n) is 15.7. The SMILES string of the molecule is CC(C)c1cc(-c2csc(Nc3ccc(S(N)(=O)=O)cc3)n2)ccc1S(N)(=O)=O. The number of nitrogens with zero attached hydrogens (tertiary/aromatic N) is 1. The summed E-state index contributed by atoms with van der Waals surface area (Å²) in [5, 5.41) is 16.0. The maximum atomic E-state index is 11.8. The Kier molecular flexibility index (Phi) is 5.79. The lowest BCUT2D eigenvalue weighted by atomic mass is 10.00. The normalized spacial score (nSPS) is 12.3. The zero-order chi connectivity index (χ0) is 21.4. The second-order valence-electron chi connectivity index (χ2n) is 6.68. The van der Waals surface area contributed by atoms with Crippen LogP contribution in [0.4, 0.5) is 10.8 Å². The molecule has 0 saturated heterocycles. The van der Waals surface area contributed by atoms with E-state index in [1.807, 2.05) is 19.2 Å². The van der Waals surface area contributed by atoms with E-state index in [-0.39, 0.29) is 15.7 Å². The molecule has 0 aliphatic rings. The van der Waals surface area contributed by atoms with E-state index in [4.69, 9.17) is 10.3 Å². The summed E-state index contributed by atoms with van der Waals surface area (Å²) in [6.45, 7) is 3.79. The highest BCUT2D eigenvalue weighted by atomic mass is 32.2. The van der Waals surface area contributed by atoms with Gasteiger partial charge in [-0.1, -0.05) is 19.9 Å². The Morgan fingerprint density at radius 1 is 0.966 bits per heavy atom. The van der Waals surface area contributed by atoms with Gasteiger partial charge in [-0.05, 0) is 47.9 Å². The van der Waals surface area contributed by atoms with Crippen molar-refractivity contribution < 1.29 is 16.8 Å². The summed E-state index contributed by atoms with van der Waals surface area (Å²) in [6, 6.07) is 11.0. The van der Waals surface area contributed by atoms with Gasteiger partial charge in [0.1, 0.15) is 0 Å². The first-order chi connectivity index (χ1) is 13.4. The van der Waals surface area contributed by atoms with Gasteiger partial charge in [0.05, 0.1) is 15.5 Å². The number of thiazole rings is 1. The molecule has 154 valence electrons. The van der Waals surface area contributed by atoms with Crippen LogP contribution >= 0.6 is 11.3 Å². The van der Waals surface area contributed by atoms with Gasteiger partial charge in [0.25, 0.3) is 0 Å². The van der Waals surface area contributed by atoms with Gasteiger partial charge in [-0.2, -0.15) is 0 Å². The standard InChI is InChI=1S/C18H20N4O4S3/c1-11(2)15-9-12(3-8-17(15)29(20,25)26)16-10-27-18(22-16)21-13-4-6-14(7-5-13)28(19,23)24/h3-11H,1-2H3,(H,21,22)(H2,19,23,24)(H2,20,25,26). The predicted molar refractivity (Wildman–Crippen MR) is 114 cm³/mol. The van der Waals surface area contributed by atoms with Crippen LogP contribution in [0, 0.1) is 0 Å². The summed E-state index contributed by atoms with van der Waals surface area (Å²) in [6.07, 6.45) is 0. The molecule has 0 aliphatic heterocycles. The number of anilines is 2. The topological polar surface area (TPSA) is 145 Å². The number of hydrogen-bond donors (Lipinski definition) is 3. The lowest BCUT2D eigenvalue weighted by Gasteiger charge is -2.12. The van der Waals surface area contributed by atoms with E-state index in [2.05, 4.69) is 10.3 Å². The molecule has 5 N–H and O–H groups in total. The maximum Gasteiger partial charge on any atom is 0.238 e. The van der Waals surface area contributed by atoms with Crippen molar-refractivity contribution in [1.29, 1.82) is 0 Å². The summed E-state index contributed by atoms with van der Waals surface area (Å²) in [5.41, 5.74) is 2.74. The van der Waals surface area contributed by atoms with E-state index in [1.165, 1.54) is 29.5 Å². The fourth-order valence-corrected chi connectivity index (χ4v) is 4.87. The molecule has 0 unspecified atom stereocenters. The first kappa shape index (κ1) is 21.4. The van der Waals surface area contributed by atoms with Crippen molar-refractivity contribution in [3.63, 3.8) is 0 Å². The monoisotopic (exact) mass is 452 g/mol. The molecule has 0 atom stereocenters. The van der Waals surface area contributed by atoms with E-state index >= 15 is 0 Å². The highest BCUT2D eigenvalue weighted by molar-refractivity contribution is 7.89. The molecule has 0 fully saturated rings. The zero-order valence-corrected chi connectivity index (χ0v) is 18.1. The molecular weight excluding hydrogens is 432 g/mol. The summed E-state index contributed by atoms with van der Waals surface area (Å²) >= 11 is 1.36. The van der Waals surface area contributed by atoms with Gasteiger partial charge < -0.3 is 5.32 Å². The minimum atomic E-state index is -3.81. The molecule has 3 rings (SSSR count). The van der Waals surface area contributed by atoms with Crippen LogP contribution in [0.2, 0.25) is 0 Å². The number of nitrogens with two attached hydrogens (primary N) is 2. The van der Waals surface area contributed by atoms with Crippen molar-refractivity contribution in [1.82, 2.24) is 4.98 Å². The third-order valence-corrected chi connectivity index (χ3v) is 6.84. The Balaban J connectivity index is 1.87. The Bertz CT molecular complexity index is 1250. The van der Waals surface area contributed by atoms with Crippen LogP contribution in [0.25, 0.3) is 11.3 Å². The lowest BCUT2D eigenvalue weighted by Crippen LogP contribution is -2.15. The molecule has 0 radical (unpaired) electrons. The van der Waals surface area contributed by atoms with Crippen LogP contribution in [0.1, 0.15) is 25.3 Å². The quantitative estimate of drug-likeness (QED) is 0.524. The molecule has 0 aliphatic carbocycles. The van der Waals surface area contributed by atoms with Crippen LogP contribution in [-0.4, -0.2) is 21.8 Å². The molecule has 1 heterocycles. The maximum absolute atomic E-state index is 11.8. The van der Waals surface area contributed by atoms with Crippen molar-refractivity contribution in [2.45, 2.75) is 29.6 Å². The number of hydrogen-bond acceptors (Lipinski definition) is 7. The minimum Gasteiger partial charge on any atom is -0.332 e. The van der Waals surface area contributed by atoms with Crippen molar-refractivity contribution in [2.75, 3.05) is 5.32 Å². The van der Waals surface area contributed by atoms with Crippen LogP contribution in [0.3, 0.4) is 0 Å². The van der Waals surface area contributed by atoms with Crippen LogP contribution in [0.5, 0.6) is 0 Å². The van der Waals surface area contributed by atoms with Gasteiger partial charge in [0.2, 0.25) is 20.0 Å². The van der Waals surface area contributed by atoms with Gasteiger partial charge in [-0.15, -0.1) is 11.3 Å². The van der Waals surface area contributed by atoms with Gasteiger partial charge in [0.15, 0.2) is 5.13 Å². The third-order valence-electron chi connectivity index (χ3n) is 4.17. The van der Waals surface area contributed by atoms with Crippen LogP contribution in [-0.2, 0) is 20.0 Å². The molecule has 8 nitrogen and oxygen atoms in total. The largest absolute Gasteiger partial charge is 0.332 e. The lowest BCUT2D eigenvalue weighted by molar-refractivity contribution is 0.594. The summed E-state index contributed by atoms with van der Waals surface area (Å²) < 4.78 is 46.3. The second-order valence-corrected chi connectivity index (χ2v) is 10.6. The van der Waals surface area contributed by atoms with Gasteiger partial charge >= 0.3 is 0 Å². The van der Waals surface area contributed by atoms with Gasteiger partial charge in [-0.3, -0.25) is 0 Å². The molecule has 29 heavy (non-hydrogen) atoms. The van der Waals surface area contributed by atoms with Crippen molar-refractivity contribution >= 4 is 42.2 Å². The molecular formula is C18H20N4O4S3.